The monoisotopic (exact) mass is 222 g/mol. The van der Waals surface area contributed by atoms with Gasteiger partial charge in [0.25, 0.3) is 0 Å². The summed E-state index contributed by atoms with van der Waals surface area (Å²) in [6.45, 7) is 5.01. The lowest BCUT2D eigenvalue weighted by atomic mass is 10.3. The molecule has 16 heavy (non-hydrogen) atoms. The van der Waals surface area contributed by atoms with Crippen LogP contribution in [0.4, 0.5) is 0 Å². The van der Waals surface area contributed by atoms with Gasteiger partial charge in [-0.15, -0.1) is 0 Å². The lowest BCUT2D eigenvalue weighted by Gasteiger charge is -2.06. The summed E-state index contributed by atoms with van der Waals surface area (Å²) >= 11 is 0. The number of H-pyrrole nitrogens is 1. The Kier molecular flexibility index (Phi) is 3.25. The Morgan fingerprint density at radius 1 is 1.56 bits per heavy atom. The van der Waals surface area contributed by atoms with Crippen LogP contribution in [-0.4, -0.2) is 32.1 Å². The summed E-state index contributed by atoms with van der Waals surface area (Å²) < 4.78 is 5.14. The number of aromatic nitrogens is 5. The second-order valence-corrected chi connectivity index (χ2v) is 3.49. The Balaban J connectivity index is 2.07. The second kappa shape index (κ2) is 4.84. The first-order chi connectivity index (χ1) is 7.81. The van der Waals surface area contributed by atoms with Gasteiger partial charge in [-0.2, -0.15) is 20.4 Å². The Morgan fingerprint density at radius 2 is 2.44 bits per heavy atom. The molecular formula is C9H14N6O. The number of hydrogen-bond donors (Lipinski definition) is 2. The molecule has 2 aromatic rings. The fourth-order valence-corrected chi connectivity index (χ4v) is 1.27. The van der Waals surface area contributed by atoms with Gasteiger partial charge in [0, 0.05) is 0 Å². The highest BCUT2D eigenvalue weighted by Gasteiger charge is 2.15. The van der Waals surface area contributed by atoms with Crippen molar-refractivity contribution in [2.45, 2.75) is 26.3 Å². The van der Waals surface area contributed by atoms with E-state index >= 15 is 0 Å². The molecule has 0 aliphatic rings. The smallest absolute Gasteiger partial charge is 0.243 e. The molecular weight excluding hydrogens is 208 g/mol. The summed E-state index contributed by atoms with van der Waals surface area (Å²) in [6, 6.07) is 0.0492. The minimum Gasteiger partial charge on any atom is -0.337 e. The molecule has 0 bridgehead atoms. The van der Waals surface area contributed by atoms with Crippen molar-refractivity contribution in [1.82, 2.24) is 30.9 Å². The number of hydrogen-bond acceptors (Lipinski definition) is 6. The first-order valence-electron chi connectivity index (χ1n) is 5.24. The predicted octanol–water partition coefficient (Wildman–Crippen LogP) is 0.915. The van der Waals surface area contributed by atoms with Crippen LogP contribution in [0.3, 0.4) is 0 Å². The molecule has 86 valence electrons. The van der Waals surface area contributed by atoms with Crippen LogP contribution in [0.1, 0.15) is 32.2 Å². The van der Waals surface area contributed by atoms with Crippen LogP contribution in [0.5, 0.6) is 0 Å². The highest BCUT2D eigenvalue weighted by atomic mass is 16.5. The van der Waals surface area contributed by atoms with Crippen molar-refractivity contribution in [1.29, 1.82) is 0 Å². The maximum atomic E-state index is 5.14. The molecule has 0 spiro atoms. The van der Waals surface area contributed by atoms with Crippen molar-refractivity contribution in [2.24, 2.45) is 0 Å². The number of rotatable bonds is 5. The molecule has 0 aliphatic heterocycles. The van der Waals surface area contributed by atoms with E-state index in [-0.39, 0.29) is 6.04 Å². The summed E-state index contributed by atoms with van der Waals surface area (Å²) in [7, 11) is 0. The highest BCUT2D eigenvalue weighted by molar-refractivity contribution is 5.44. The van der Waals surface area contributed by atoms with Gasteiger partial charge >= 0.3 is 0 Å². The number of aromatic amines is 1. The van der Waals surface area contributed by atoms with Gasteiger partial charge < -0.3 is 9.84 Å². The fraction of sp³-hybridized carbons (Fsp3) is 0.556. The van der Waals surface area contributed by atoms with Crippen LogP contribution in [-0.2, 0) is 0 Å². The summed E-state index contributed by atoms with van der Waals surface area (Å²) in [5, 5.41) is 17.2. The quantitative estimate of drug-likeness (QED) is 0.781. The normalized spacial score (nSPS) is 12.9. The zero-order valence-corrected chi connectivity index (χ0v) is 9.27. The average Bonchev–Trinajstić information content (AvgIpc) is 2.94. The van der Waals surface area contributed by atoms with Gasteiger partial charge in [0.1, 0.15) is 0 Å². The van der Waals surface area contributed by atoms with Crippen LogP contribution in [0.25, 0.3) is 11.5 Å². The Morgan fingerprint density at radius 3 is 3.12 bits per heavy atom. The molecule has 0 radical (unpaired) electrons. The highest BCUT2D eigenvalue weighted by Crippen LogP contribution is 2.15. The molecule has 1 atom stereocenters. The Hall–Kier alpha value is -1.76. The predicted molar refractivity (Wildman–Crippen MR) is 56.4 cm³/mol. The van der Waals surface area contributed by atoms with E-state index in [1.807, 2.05) is 6.92 Å². The van der Waals surface area contributed by atoms with Gasteiger partial charge in [0.05, 0.1) is 12.2 Å². The van der Waals surface area contributed by atoms with Gasteiger partial charge in [-0.3, -0.25) is 0 Å². The topological polar surface area (TPSA) is 92.5 Å². The van der Waals surface area contributed by atoms with E-state index in [1.54, 1.807) is 6.20 Å². The van der Waals surface area contributed by atoms with Crippen molar-refractivity contribution in [3.8, 4) is 11.5 Å². The van der Waals surface area contributed by atoms with Crippen LogP contribution in [0.2, 0.25) is 0 Å². The molecule has 1 unspecified atom stereocenters. The SMILES string of the molecule is CCCNC(C)c1nc(-c2cn[nH]n2)no1. The molecule has 0 aromatic carbocycles. The maximum Gasteiger partial charge on any atom is 0.243 e. The summed E-state index contributed by atoms with van der Waals surface area (Å²) in [5.41, 5.74) is 0.581. The van der Waals surface area contributed by atoms with E-state index in [2.05, 4.69) is 37.8 Å². The minimum absolute atomic E-state index is 0.0492. The molecule has 2 aromatic heterocycles. The van der Waals surface area contributed by atoms with Crippen LogP contribution in [0.15, 0.2) is 10.7 Å². The third-order valence-corrected chi connectivity index (χ3v) is 2.16. The molecule has 0 aliphatic carbocycles. The van der Waals surface area contributed by atoms with E-state index in [0.29, 0.717) is 17.4 Å². The Bertz CT molecular complexity index is 423. The molecule has 0 fully saturated rings. The maximum absolute atomic E-state index is 5.14. The second-order valence-electron chi connectivity index (χ2n) is 3.49. The summed E-state index contributed by atoms with van der Waals surface area (Å²) in [4.78, 5) is 4.24. The van der Waals surface area contributed by atoms with Crippen molar-refractivity contribution in [2.75, 3.05) is 6.54 Å². The zero-order chi connectivity index (χ0) is 11.4. The number of nitrogens with one attached hydrogen (secondary N) is 2. The largest absolute Gasteiger partial charge is 0.337 e. The van der Waals surface area contributed by atoms with E-state index in [1.165, 1.54) is 0 Å². The molecule has 0 saturated carbocycles. The van der Waals surface area contributed by atoms with E-state index in [9.17, 15) is 0 Å². The molecule has 7 heteroatoms. The molecule has 2 heterocycles. The molecule has 7 nitrogen and oxygen atoms in total. The zero-order valence-electron chi connectivity index (χ0n) is 9.27. The van der Waals surface area contributed by atoms with Crippen molar-refractivity contribution < 1.29 is 4.52 Å². The van der Waals surface area contributed by atoms with E-state index in [4.69, 9.17) is 4.52 Å². The standard InChI is InChI=1S/C9H14N6O/c1-3-4-10-6(2)9-12-8(14-16-9)7-5-11-15-13-7/h5-6,10H,3-4H2,1-2H3,(H,11,13,15). The van der Waals surface area contributed by atoms with Gasteiger partial charge in [0.2, 0.25) is 11.7 Å². The van der Waals surface area contributed by atoms with Gasteiger partial charge in [-0.25, -0.2) is 0 Å². The average molecular weight is 222 g/mol. The Labute approximate surface area is 92.6 Å². The fourth-order valence-electron chi connectivity index (χ4n) is 1.27. The summed E-state index contributed by atoms with van der Waals surface area (Å²) in [6.07, 6.45) is 2.62. The van der Waals surface area contributed by atoms with Crippen LogP contribution < -0.4 is 5.32 Å². The van der Waals surface area contributed by atoms with Crippen molar-refractivity contribution in [3.63, 3.8) is 0 Å². The van der Waals surface area contributed by atoms with Gasteiger partial charge in [0.15, 0.2) is 5.69 Å². The van der Waals surface area contributed by atoms with Crippen LogP contribution in [0, 0.1) is 0 Å². The van der Waals surface area contributed by atoms with Gasteiger partial charge in [-0.05, 0) is 19.9 Å². The third kappa shape index (κ3) is 2.25. The van der Waals surface area contributed by atoms with Gasteiger partial charge in [-0.1, -0.05) is 12.1 Å². The van der Waals surface area contributed by atoms with Crippen molar-refractivity contribution in [3.05, 3.63) is 12.1 Å². The summed E-state index contributed by atoms with van der Waals surface area (Å²) in [5.74, 6) is 1.01. The molecule has 2 rings (SSSR count). The molecule has 0 saturated heterocycles. The van der Waals surface area contributed by atoms with E-state index < -0.39 is 0 Å². The van der Waals surface area contributed by atoms with Crippen molar-refractivity contribution >= 4 is 0 Å². The lowest BCUT2D eigenvalue weighted by molar-refractivity contribution is 0.340. The molecule has 2 N–H and O–H groups in total. The lowest BCUT2D eigenvalue weighted by Crippen LogP contribution is -2.19. The van der Waals surface area contributed by atoms with Crippen LogP contribution >= 0.6 is 0 Å². The first kappa shape index (κ1) is 10.7. The minimum atomic E-state index is 0.0492. The first-order valence-corrected chi connectivity index (χ1v) is 5.24. The third-order valence-electron chi connectivity index (χ3n) is 2.16. The number of nitrogens with zero attached hydrogens (tertiary/aromatic N) is 4. The van der Waals surface area contributed by atoms with E-state index in [0.717, 1.165) is 13.0 Å². The molecule has 0 amide bonds.